The van der Waals surface area contributed by atoms with Crippen molar-refractivity contribution in [1.82, 2.24) is 10.2 Å². The zero-order valence-corrected chi connectivity index (χ0v) is 24.5. The second-order valence-corrected chi connectivity index (χ2v) is 11.9. The molecule has 4 aliphatic heterocycles. The number of nitrogens with one attached hydrogen (secondary N) is 1. The Balaban J connectivity index is 1.41. The molecule has 0 spiro atoms. The number of nitrogens with zero attached hydrogens (tertiary/aromatic N) is 1. The molecule has 4 aromatic carbocycles. The first-order chi connectivity index (χ1) is 20.9. The van der Waals surface area contributed by atoms with Crippen LogP contribution >= 0.6 is 0 Å². The van der Waals surface area contributed by atoms with Gasteiger partial charge in [0.05, 0.1) is 14.2 Å². The Hall–Kier alpha value is -4.40. The lowest BCUT2D eigenvalue weighted by Gasteiger charge is -2.38. The van der Waals surface area contributed by atoms with Crippen molar-refractivity contribution < 1.29 is 29.2 Å². The minimum Gasteiger partial charge on any atom is -0.507 e. The first kappa shape index (κ1) is 26.2. The minimum absolute atomic E-state index is 0.0553. The minimum atomic E-state index is -0.111. The number of aromatic hydroxyl groups is 2. The standard InChI is InChI=1S/C35H34N2O6/c1-37-11-9-21-31-26(37)15-19-5-7-28(40-2)24(13-19)23-12-18(4-6-27(23)38)14-25-22-17-30-29(16-20(22)8-10-36-25)43-35(33(31)42-30)34(41-3)32(21)39/h4-7,12-13,16-17,25-26,36,38-39H,8-11,14-15H2,1-3H3/t25-,26+/m0/s1. The molecule has 4 heterocycles. The Morgan fingerprint density at radius 3 is 2.47 bits per heavy atom. The second-order valence-electron chi connectivity index (χ2n) is 11.9. The van der Waals surface area contributed by atoms with E-state index < -0.39 is 0 Å². The maximum absolute atomic E-state index is 11.5. The number of likely N-dealkylation sites (N-methyl/N-ethyl adjacent to an activating group) is 1. The summed E-state index contributed by atoms with van der Waals surface area (Å²) in [6, 6.07) is 16.1. The number of phenols is 2. The highest BCUT2D eigenvalue weighted by Gasteiger charge is 2.39. The SMILES string of the molecule is COc1ccc2cc1-c1cc(ccc1O)C[C@@H]1NCCc3cc4c(cc31)Oc1c(c(OC)c(O)c3c1[C@@H](C2)N(C)CC3)O4. The molecule has 0 amide bonds. The highest BCUT2D eigenvalue weighted by molar-refractivity contribution is 5.77. The van der Waals surface area contributed by atoms with Crippen molar-refractivity contribution in [3.8, 4) is 57.1 Å². The van der Waals surface area contributed by atoms with Crippen LogP contribution in [0, 0.1) is 0 Å². The van der Waals surface area contributed by atoms with Crippen LogP contribution < -0.4 is 24.3 Å². The third-order valence-corrected chi connectivity index (χ3v) is 9.54. The van der Waals surface area contributed by atoms with Crippen LogP contribution in [-0.2, 0) is 25.7 Å². The Morgan fingerprint density at radius 2 is 1.63 bits per heavy atom. The number of fused-ring (bicyclic) bond motifs is 5. The first-order valence-electron chi connectivity index (χ1n) is 14.8. The van der Waals surface area contributed by atoms with E-state index in [0.717, 1.165) is 59.3 Å². The number of phenolic OH excluding ortho intramolecular Hbond substituents is 2. The lowest BCUT2D eigenvalue weighted by Crippen LogP contribution is -2.34. The predicted molar refractivity (Wildman–Crippen MR) is 162 cm³/mol. The molecule has 0 radical (unpaired) electrons. The summed E-state index contributed by atoms with van der Waals surface area (Å²) in [5.41, 5.74) is 7.87. The summed E-state index contributed by atoms with van der Waals surface area (Å²) in [4.78, 5) is 2.30. The molecule has 0 fully saturated rings. The van der Waals surface area contributed by atoms with Gasteiger partial charge in [0.1, 0.15) is 11.5 Å². The van der Waals surface area contributed by atoms with Gasteiger partial charge in [-0.2, -0.15) is 0 Å². The molecular formula is C35H34N2O6. The van der Waals surface area contributed by atoms with Crippen molar-refractivity contribution in [1.29, 1.82) is 0 Å². The fourth-order valence-electron chi connectivity index (χ4n) is 7.33. The van der Waals surface area contributed by atoms with E-state index in [1.807, 2.05) is 12.1 Å². The first-order valence-corrected chi connectivity index (χ1v) is 14.8. The summed E-state index contributed by atoms with van der Waals surface area (Å²) < 4.78 is 24.9. The average Bonchev–Trinajstić information content (AvgIpc) is 3.01. The summed E-state index contributed by atoms with van der Waals surface area (Å²) in [6.45, 7) is 1.59. The fourth-order valence-corrected chi connectivity index (χ4v) is 7.33. The molecular weight excluding hydrogens is 544 g/mol. The van der Waals surface area contributed by atoms with Gasteiger partial charge in [-0.25, -0.2) is 0 Å². The van der Waals surface area contributed by atoms with Crippen LogP contribution in [0.15, 0.2) is 48.5 Å². The molecule has 0 unspecified atom stereocenters. The van der Waals surface area contributed by atoms with Crippen LogP contribution in [0.5, 0.6) is 46.0 Å². The predicted octanol–water partition coefficient (Wildman–Crippen LogP) is 6.19. The lowest BCUT2D eigenvalue weighted by atomic mass is 9.85. The Bertz CT molecular complexity index is 1800. The largest absolute Gasteiger partial charge is 0.507 e. The van der Waals surface area contributed by atoms with Gasteiger partial charge < -0.3 is 34.5 Å². The molecule has 43 heavy (non-hydrogen) atoms. The summed E-state index contributed by atoms with van der Waals surface area (Å²) in [7, 11) is 5.31. The molecule has 4 aliphatic rings. The monoisotopic (exact) mass is 578 g/mol. The van der Waals surface area contributed by atoms with E-state index in [2.05, 4.69) is 47.6 Å². The molecule has 220 valence electrons. The number of hydrogen-bond donors (Lipinski definition) is 3. The molecule has 0 saturated heterocycles. The van der Waals surface area contributed by atoms with Crippen LogP contribution in [-0.4, -0.2) is 49.5 Å². The smallest absolute Gasteiger partial charge is 0.216 e. The van der Waals surface area contributed by atoms with E-state index in [1.54, 1.807) is 20.3 Å². The Morgan fingerprint density at radius 1 is 0.860 bits per heavy atom. The van der Waals surface area contributed by atoms with Crippen molar-refractivity contribution in [3.05, 3.63) is 81.9 Å². The number of benzene rings is 4. The molecule has 8 heteroatoms. The molecule has 8 rings (SSSR count). The van der Waals surface area contributed by atoms with Gasteiger partial charge in [0, 0.05) is 40.9 Å². The van der Waals surface area contributed by atoms with Crippen LogP contribution in [0.1, 0.15) is 45.5 Å². The van der Waals surface area contributed by atoms with E-state index in [4.69, 9.17) is 18.9 Å². The topological polar surface area (TPSA) is 92.7 Å². The Labute approximate surface area is 250 Å². The number of methoxy groups -OCH3 is 2. The summed E-state index contributed by atoms with van der Waals surface area (Å²) in [5.74, 6) is 3.61. The number of rotatable bonds is 2. The lowest BCUT2D eigenvalue weighted by molar-refractivity contribution is 0.215. The van der Waals surface area contributed by atoms with E-state index in [1.165, 1.54) is 11.1 Å². The van der Waals surface area contributed by atoms with Crippen LogP contribution in [0.2, 0.25) is 0 Å². The zero-order valence-electron chi connectivity index (χ0n) is 24.5. The molecule has 3 N–H and O–H groups in total. The van der Waals surface area contributed by atoms with Gasteiger partial charge in [-0.1, -0.05) is 12.1 Å². The normalized spacial score (nSPS) is 19.8. The van der Waals surface area contributed by atoms with Gasteiger partial charge in [0.15, 0.2) is 23.0 Å². The van der Waals surface area contributed by atoms with Gasteiger partial charge in [0.25, 0.3) is 0 Å². The highest BCUT2D eigenvalue weighted by Crippen LogP contribution is 2.60. The van der Waals surface area contributed by atoms with E-state index in [-0.39, 0.29) is 23.6 Å². The Kier molecular flexibility index (Phi) is 6.00. The highest BCUT2D eigenvalue weighted by atomic mass is 16.6. The van der Waals surface area contributed by atoms with Gasteiger partial charge in [0.2, 0.25) is 11.5 Å². The third-order valence-electron chi connectivity index (χ3n) is 9.54. The fraction of sp³-hybridized carbons (Fsp3) is 0.314. The van der Waals surface area contributed by atoms with E-state index in [9.17, 15) is 10.2 Å². The molecule has 2 atom stereocenters. The van der Waals surface area contributed by atoms with Crippen LogP contribution in [0.3, 0.4) is 0 Å². The van der Waals surface area contributed by atoms with Crippen molar-refractivity contribution >= 4 is 0 Å². The zero-order chi connectivity index (χ0) is 29.4. The second kappa shape index (κ2) is 9.82. The number of hydrogen-bond acceptors (Lipinski definition) is 8. The maximum atomic E-state index is 11.5. The molecule has 0 saturated carbocycles. The van der Waals surface area contributed by atoms with Crippen molar-refractivity contribution in [2.24, 2.45) is 0 Å². The van der Waals surface area contributed by atoms with E-state index in [0.29, 0.717) is 47.3 Å². The van der Waals surface area contributed by atoms with Crippen molar-refractivity contribution in [3.63, 3.8) is 0 Å². The van der Waals surface area contributed by atoms with Crippen LogP contribution in [0.4, 0.5) is 0 Å². The summed E-state index contributed by atoms with van der Waals surface area (Å²) >= 11 is 0. The molecule has 0 aromatic heterocycles. The number of ether oxygens (including phenoxy) is 4. The van der Waals surface area contributed by atoms with Crippen LogP contribution in [0.25, 0.3) is 11.1 Å². The van der Waals surface area contributed by atoms with Crippen molar-refractivity contribution in [2.75, 3.05) is 34.4 Å². The van der Waals surface area contributed by atoms with Gasteiger partial charge in [-0.15, -0.1) is 0 Å². The quantitative estimate of drug-likeness (QED) is 0.228. The molecule has 4 aromatic rings. The maximum Gasteiger partial charge on any atom is 0.216 e. The molecule has 0 aliphatic carbocycles. The van der Waals surface area contributed by atoms with Crippen molar-refractivity contribution in [2.45, 2.75) is 37.8 Å². The molecule has 8 nitrogen and oxygen atoms in total. The van der Waals surface area contributed by atoms with Gasteiger partial charge in [-0.3, -0.25) is 4.90 Å². The third kappa shape index (κ3) is 4.04. The summed E-state index contributed by atoms with van der Waals surface area (Å²) in [6.07, 6.45) is 2.90. The molecule has 7 bridgehead atoms. The van der Waals surface area contributed by atoms with Gasteiger partial charge >= 0.3 is 0 Å². The van der Waals surface area contributed by atoms with Gasteiger partial charge in [-0.05, 0) is 97.9 Å². The summed E-state index contributed by atoms with van der Waals surface area (Å²) in [5, 5.41) is 26.3. The van der Waals surface area contributed by atoms with E-state index >= 15 is 0 Å². The average molecular weight is 579 g/mol.